The van der Waals surface area contributed by atoms with Crippen molar-refractivity contribution in [3.8, 4) is 16.9 Å². The predicted octanol–water partition coefficient (Wildman–Crippen LogP) is 5.10. The van der Waals surface area contributed by atoms with E-state index in [9.17, 15) is 9.59 Å². The molecule has 10 nitrogen and oxygen atoms in total. The molecule has 0 aliphatic carbocycles. The van der Waals surface area contributed by atoms with Crippen LogP contribution in [0.2, 0.25) is 10.2 Å². The number of aliphatic carboxylic acids is 1. The van der Waals surface area contributed by atoms with Crippen LogP contribution >= 0.6 is 23.2 Å². The minimum Gasteiger partial charge on any atom is -0.481 e. The first kappa shape index (κ1) is 27.8. The number of rotatable bonds is 10. The predicted molar refractivity (Wildman–Crippen MR) is 155 cm³/mol. The van der Waals surface area contributed by atoms with Gasteiger partial charge >= 0.3 is 5.97 Å². The van der Waals surface area contributed by atoms with E-state index in [2.05, 4.69) is 25.8 Å². The summed E-state index contributed by atoms with van der Waals surface area (Å²) in [6, 6.07) is 21.3. The van der Waals surface area contributed by atoms with E-state index < -0.39 is 12.0 Å². The molecular formula is C29H23Cl2N7O3. The lowest BCUT2D eigenvalue weighted by atomic mass is 10.1. The molecule has 3 N–H and O–H groups in total. The molecule has 1 amide bonds. The Hall–Kier alpha value is -4.80. The van der Waals surface area contributed by atoms with E-state index in [-0.39, 0.29) is 12.3 Å². The van der Waals surface area contributed by atoms with Crippen LogP contribution in [0.4, 0.5) is 0 Å². The number of imidazole rings is 1. The smallest absolute Gasteiger partial charge is 0.307 e. The molecule has 0 aliphatic heterocycles. The third-order valence-electron chi connectivity index (χ3n) is 6.19. The van der Waals surface area contributed by atoms with Crippen molar-refractivity contribution < 1.29 is 14.7 Å². The number of aromatic nitrogens is 6. The first-order valence-corrected chi connectivity index (χ1v) is 13.2. The Balaban J connectivity index is 1.40. The summed E-state index contributed by atoms with van der Waals surface area (Å²) in [5, 5.41) is 24.1. The fourth-order valence-electron chi connectivity index (χ4n) is 4.27. The van der Waals surface area contributed by atoms with Crippen molar-refractivity contribution in [1.82, 2.24) is 35.5 Å². The van der Waals surface area contributed by atoms with Crippen LogP contribution in [0.25, 0.3) is 23.0 Å². The van der Waals surface area contributed by atoms with Crippen molar-refractivity contribution in [2.75, 3.05) is 0 Å². The Kier molecular flexibility index (Phi) is 8.52. The Morgan fingerprint density at radius 3 is 2.51 bits per heavy atom. The quantitative estimate of drug-likeness (QED) is 0.193. The summed E-state index contributed by atoms with van der Waals surface area (Å²) in [5.74, 6) is -0.795. The topological polar surface area (TPSA) is 139 Å². The van der Waals surface area contributed by atoms with Crippen LogP contribution in [-0.4, -0.2) is 47.2 Å². The van der Waals surface area contributed by atoms with Gasteiger partial charge in [-0.25, -0.2) is 4.98 Å². The number of H-pyrrole nitrogens is 1. The van der Waals surface area contributed by atoms with Crippen LogP contribution in [0, 0.1) is 0 Å². The lowest BCUT2D eigenvalue weighted by Gasteiger charge is -2.16. The molecule has 12 heteroatoms. The van der Waals surface area contributed by atoms with Crippen LogP contribution in [0.3, 0.4) is 0 Å². The molecule has 3 aromatic carbocycles. The van der Waals surface area contributed by atoms with Crippen LogP contribution in [0.5, 0.6) is 0 Å². The van der Waals surface area contributed by atoms with Gasteiger partial charge in [0, 0.05) is 22.2 Å². The molecular weight excluding hydrogens is 565 g/mol. The van der Waals surface area contributed by atoms with Crippen molar-refractivity contribution in [3.05, 3.63) is 118 Å². The zero-order chi connectivity index (χ0) is 28.8. The van der Waals surface area contributed by atoms with E-state index in [4.69, 9.17) is 33.3 Å². The lowest BCUT2D eigenvalue weighted by Crippen LogP contribution is -2.29. The van der Waals surface area contributed by atoms with E-state index in [0.29, 0.717) is 50.5 Å². The molecule has 41 heavy (non-hydrogen) atoms. The molecule has 206 valence electrons. The molecule has 0 saturated heterocycles. The van der Waals surface area contributed by atoms with Crippen molar-refractivity contribution in [1.29, 1.82) is 0 Å². The third kappa shape index (κ3) is 7.05. The van der Waals surface area contributed by atoms with Crippen molar-refractivity contribution in [2.45, 2.75) is 18.9 Å². The monoisotopic (exact) mass is 587 g/mol. The third-order valence-corrected chi connectivity index (χ3v) is 6.70. The zero-order valence-electron chi connectivity index (χ0n) is 21.4. The van der Waals surface area contributed by atoms with Crippen molar-refractivity contribution in [3.63, 3.8) is 0 Å². The molecule has 0 radical (unpaired) electrons. The van der Waals surface area contributed by atoms with E-state index >= 15 is 0 Å². The molecule has 2 heterocycles. The molecule has 0 bridgehead atoms. The highest BCUT2D eigenvalue weighted by molar-refractivity contribution is 6.32. The average molecular weight is 588 g/mol. The molecule has 2 aromatic heterocycles. The fraction of sp³-hybridized carbons (Fsp3) is 0.103. The summed E-state index contributed by atoms with van der Waals surface area (Å²) in [6.45, 7) is 0. The highest BCUT2D eigenvalue weighted by Gasteiger charge is 2.21. The summed E-state index contributed by atoms with van der Waals surface area (Å²) >= 11 is 12.7. The number of carbonyl (C=O) groups is 2. The number of carbonyl (C=O) groups excluding carboxylic acids is 1. The van der Waals surface area contributed by atoms with Crippen LogP contribution < -0.4 is 5.32 Å². The maximum absolute atomic E-state index is 13.2. The van der Waals surface area contributed by atoms with E-state index in [0.717, 1.165) is 5.56 Å². The first-order chi connectivity index (χ1) is 19.9. The van der Waals surface area contributed by atoms with Gasteiger partial charge in [0.25, 0.3) is 0 Å². The number of nitrogens with zero attached hydrogens (tertiary/aromatic N) is 5. The Morgan fingerprint density at radius 2 is 1.80 bits per heavy atom. The standard InChI is InChI=1S/C29H23Cl2N7O3/c30-22-11-12-24(38-17-32-36-37-38)21(16-22)10-13-25(39)33-23(14-18-4-2-1-3-5-18)29-34-27(28(31)35-29)20-8-6-19(7-9-20)15-26(40)41/h1-13,16-17,23H,14-15H2,(H,33,39)(H,34,35)(H,40,41)/t23-/m0/s1. The molecule has 0 saturated carbocycles. The Morgan fingerprint density at radius 1 is 1.02 bits per heavy atom. The van der Waals surface area contributed by atoms with Crippen LogP contribution in [0.15, 0.2) is 85.2 Å². The maximum Gasteiger partial charge on any atom is 0.307 e. The SMILES string of the molecule is O=C(O)Cc1ccc(-c2nc([C@H](Cc3ccccc3)NC(=O)C=Cc3cc(Cl)ccc3-n3cnnn3)[nH]c2Cl)cc1. The first-order valence-electron chi connectivity index (χ1n) is 12.5. The average Bonchev–Trinajstić information content (AvgIpc) is 3.63. The number of amides is 1. The Bertz CT molecular complexity index is 1690. The summed E-state index contributed by atoms with van der Waals surface area (Å²) in [4.78, 5) is 32.0. The number of halogens is 2. The van der Waals surface area contributed by atoms with E-state index in [1.807, 2.05) is 30.3 Å². The highest BCUT2D eigenvalue weighted by Crippen LogP contribution is 2.29. The number of hydrogen-bond acceptors (Lipinski definition) is 6. The van der Waals surface area contributed by atoms with Gasteiger partial charge in [-0.05, 0) is 52.2 Å². The normalized spacial score (nSPS) is 12.0. The summed E-state index contributed by atoms with van der Waals surface area (Å²) < 4.78 is 1.48. The molecule has 0 aliphatic rings. The fourth-order valence-corrected chi connectivity index (χ4v) is 4.70. The van der Waals surface area contributed by atoms with Gasteiger partial charge in [-0.2, -0.15) is 4.68 Å². The lowest BCUT2D eigenvalue weighted by molar-refractivity contribution is -0.136. The largest absolute Gasteiger partial charge is 0.481 e. The summed E-state index contributed by atoms with van der Waals surface area (Å²) in [6.07, 6.45) is 4.87. The van der Waals surface area contributed by atoms with E-state index in [1.165, 1.54) is 17.1 Å². The van der Waals surface area contributed by atoms with Crippen LogP contribution in [-0.2, 0) is 22.4 Å². The number of carboxylic acids is 1. The van der Waals surface area contributed by atoms with Crippen molar-refractivity contribution in [2.24, 2.45) is 0 Å². The second-order valence-corrected chi connectivity index (χ2v) is 9.91. The molecule has 5 rings (SSSR count). The van der Waals surface area contributed by atoms with E-state index in [1.54, 1.807) is 48.5 Å². The van der Waals surface area contributed by atoms with Crippen molar-refractivity contribution >= 4 is 41.2 Å². The molecule has 0 fully saturated rings. The zero-order valence-corrected chi connectivity index (χ0v) is 22.9. The second kappa shape index (κ2) is 12.6. The van der Waals surface area contributed by atoms with Gasteiger partial charge in [-0.1, -0.05) is 77.8 Å². The number of aromatic amines is 1. The molecule has 0 spiro atoms. The van der Waals surface area contributed by atoms with Gasteiger partial charge in [0.2, 0.25) is 5.91 Å². The van der Waals surface area contributed by atoms with Gasteiger partial charge < -0.3 is 15.4 Å². The van der Waals surface area contributed by atoms with Gasteiger partial charge in [0.05, 0.1) is 18.2 Å². The van der Waals surface area contributed by atoms with Gasteiger partial charge in [-0.15, -0.1) is 5.10 Å². The second-order valence-electron chi connectivity index (χ2n) is 9.09. The molecule has 0 unspecified atom stereocenters. The maximum atomic E-state index is 13.2. The highest BCUT2D eigenvalue weighted by atomic mass is 35.5. The Labute approximate surface area is 244 Å². The number of hydrogen-bond donors (Lipinski definition) is 3. The number of benzene rings is 3. The summed E-state index contributed by atoms with van der Waals surface area (Å²) in [7, 11) is 0. The molecule has 5 aromatic rings. The van der Waals surface area contributed by atoms with Gasteiger partial charge in [-0.3, -0.25) is 9.59 Å². The number of tetrazole rings is 1. The number of carboxylic acid groups (broad SMARTS) is 1. The molecule has 1 atom stereocenters. The summed E-state index contributed by atoms with van der Waals surface area (Å²) in [5.41, 5.74) is 4.17. The van der Waals surface area contributed by atoms with Crippen LogP contribution in [0.1, 0.15) is 28.6 Å². The minimum atomic E-state index is -0.909. The van der Waals surface area contributed by atoms with Gasteiger partial charge in [0.15, 0.2) is 0 Å². The minimum absolute atomic E-state index is 0.0784. The number of nitrogens with one attached hydrogen (secondary N) is 2. The van der Waals surface area contributed by atoms with Gasteiger partial charge in [0.1, 0.15) is 23.0 Å².